The Hall–Kier alpha value is -0.510. The molecule has 0 aliphatic carbocycles. The predicted molar refractivity (Wildman–Crippen MR) is 43.2 cm³/mol. The van der Waals surface area contributed by atoms with E-state index in [9.17, 15) is 0 Å². The quantitative estimate of drug-likeness (QED) is 0.357. The molecule has 0 atom stereocenters. The highest BCUT2D eigenvalue weighted by Crippen LogP contribution is 1.99. The molecule has 0 fully saturated rings. The molecule has 0 saturated heterocycles. The van der Waals surface area contributed by atoms with Crippen LogP contribution in [0.2, 0.25) is 0 Å². The molecule has 2 N–H and O–H groups in total. The first-order chi connectivity index (χ1) is 4.31. The van der Waals surface area contributed by atoms with Crippen LogP contribution in [0, 0.1) is 5.41 Å². The molecule has 0 radical (unpaired) electrons. The number of hydrogen-bond donors (Lipinski definition) is 2. The summed E-state index contributed by atoms with van der Waals surface area (Å²) in [5, 5.41) is 11.4. The Morgan fingerprint density at radius 2 is 2.56 bits per heavy atom. The van der Waals surface area contributed by atoms with Crippen LogP contribution >= 0.6 is 11.8 Å². The largest absolute Gasteiger partial charge is 0.290 e. The normalized spacial score (nSPS) is 11.1. The number of rotatable bonds is 3. The smallest absolute Gasteiger partial charge is 0.0998 e. The van der Waals surface area contributed by atoms with Gasteiger partial charge in [-0.3, -0.25) is 10.8 Å². The average Bonchev–Trinajstić information content (AvgIpc) is 1.85. The predicted octanol–water partition coefficient (Wildman–Crippen LogP) is 1.27. The Balaban J connectivity index is 3.42. The molecule has 0 rings (SSSR count). The van der Waals surface area contributed by atoms with E-state index >= 15 is 0 Å². The summed E-state index contributed by atoms with van der Waals surface area (Å²) in [7, 11) is 0. The maximum Gasteiger partial charge on any atom is 0.0998 e. The van der Waals surface area contributed by atoms with Crippen molar-refractivity contribution in [1.82, 2.24) is 5.43 Å². The molecule has 3 nitrogen and oxygen atoms in total. The van der Waals surface area contributed by atoms with Crippen LogP contribution in [0.4, 0.5) is 0 Å². The lowest BCUT2D eigenvalue weighted by Gasteiger charge is -1.93. The highest BCUT2D eigenvalue weighted by Gasteiger charge is 1.85. The second-order valence-electron chi connectivity index (χ2n) is 1.34. The van der Waals surface area contributed by atoms with E-state index in [0.29, 0.717) is 0 Å². The van der Waals surface area contributed by atoms with Crippen LogP contribution < -0.4 is 5.43 Å². The second-order valence-corrected chi connectivity index (χ2v) is 2.79. The van der Waals surface area contributed by atoms with Crippen molar-refractivity contribution in [2.45, 2.75) is 13.8 Å². The number of thioether (sulfide) groups is 1. The fourth-order valence-electron chi connectivity index (χ4n) is 0.364. The van der Waals surface area contributed by atoms with Crippen molar-refractivity contribution in [3.8, 4) is 0 Å². The van der Waals surface area contributed by atoms with E-state index in [1.807, 2.05) is 6.92 Å². The van der Waals surface area contributed by atoms with Gasteiger partial charge in [0, 0.05) is 0 Å². The van der Waals surface area contributed by atoms with E-state index in [0.717, 1.165) is 17.1 Å². The summed E-state index contributed by atoms with van der Waals surface area (Å²) >= 11 is 1.66. The molecular formula is C5H11N3S. The van der Waals surface area contributed by atoms with Gasteiger partial charge in [0.25, 0.3) is 0 Å². The van der Waals surface area contributed by atoms with E-state index in [4.69, 9.17) is 5.41 Å². The van der Waals surface area contributed by atoms with Crippen molar-refractivity contribution >= 4 is 23.1 Å². The van der Waals surface area contributed by atoms with Gasteiger partial charge in [-0.15, -0.1) is 11.8 Å². The maximum absolute atomic E-state index is 6.58. The zero-order valence-electron chi connectivity index (χ0n) is 5.64. The van der Waals surface area contributed by atoms with Crippen molar-refractivity contribution in [1.29, 1.82) is 5.41 Å². The van der Waals surface area contributed by atoms with Crippen LogP contribution in [0.5, 0.6) is 0 Å². The van der Waals surface area contributed by atoms with Crippen LogP contribution in [0.25, 0.3) is 0 Å². The summed E-state index contributed by atoms with van der Waals surface area (Å²) in [6.45, 7) is 3.97. The third-order valence-corrected chi connectivity index (χ3v) is 1.44. The third kappa shape index (κ3) is 5.36. The molecule has 0 aromatic carbocycles. The monoisotopic (exact) mass is 145 g/mol. The summed E-state index contributed by atoms with van der Waals surface area (Å²) in [6.07, 6.45) is 1.06. The van der Waals surface area contributed by atoms with Crippen molar-refractivity contribution < 1.29 is 0 Å². The number of hydrazone groups is 1. The van der Waals surface area contributed by atoms with E-state index in [2.05, 4.69) is 17.5 Å². The van der Waals surface area contributed by atoms with Crippen molar-refractivity contribution in [3.63, 3.8) is 0 Å². The molecule has 0 saturated carbocycles. The zero-order chi connectivity index (χ0) is 7.11. The first kappa shape index (κ1) is 8.49. The molecule has 0 amide bonds. The van der Waals surface area contributed by atoms with Crippen LogP contribution in [0.1, 0.15) is 13.8 Å². The van der Waals surface area contributed by atoms with Crippen LogP contribution in [0.15, 0.2) is 5.10 Å². The molecule has 4 heteroatoms. The molecule has 0 aliphatic heterocycles. The standard InChI is InChI=1S/C5H11N3S/c1-3-9-5(2)8-7-4-6/h4H,3H2,1-2H3,(H2,6,7)/b8-5+. The minimum Gasteiger partial charge on any atom is -0.290 e. The maximum atomic E-state index is 6.58. The van der Waals surface area contributed by atoms with Gasteiger partial charge in [0.1, 0.15) is 0 Å². The Labute approximate surface area is 59.4 Å². The SMILES string of the molecule is CCS/C(C)=N/NC=N. The molecule has 0 spiro atoms. The van der Waals surface area contributed by atoms with E-state index in [1.165, 1.54) is 0 Å². The van der Waals surface area contributed by atoms with E-state index in [-0.39, 0.29) is 0 Å². The van der Waals surface area contributed by atoms with Gasteiger partial charge in [0.2, 0.25) is 0 Å². The molecule has 0 unspecified atom stereocenters. The Morgan fingerprint density at radius 1 is 1.89 bits per heavy atom. The third-order valence-electron chi connectivity index (χ3n) is 0.640. The van der Waals surface area contributed by atoms with Gasteiger partial charge in [-0.1, -0.05) is 6.92 Å². The van der Waals surface area contributed by atoms with Crippen molar-refractivity contribution in [3.05, 3.63) is 0 Å². The molecule has 0 aromatic heterocycles. The van der Waals surface area contributed by atoms with Crippen molar-refractivity contribution in [2.24, 2.45) is 5.10 Å². The summed E-state index contributed by atoms with van der Waals surface area (Å²) in [5.74, 6) is 1.02. The lowest BCUT2D eigenvalue weighted by atomic mass is 10.9. The molecule has 0 aliphatic rings. The first-order valence-electron chi connectivity index (χ1n) is 2.72. The minimum absolute atomic E-state index is 0.959. The van der Waals surface area contributed by atoms with Gasteiger partial charge in [0.15, 0.2) is 0 Å². The molecule has 0 heterocycles. The van der Waals surface area contributed by atoms with Gasteiger partial charge in [-0.05, 0) is 12.7 Å². The van der Waals surface area contributed by atoms with Gasteiger partial charge >= 0.3 is 0 Å². The molecular weight excluding hydrogens is 134 g/mol. The van der Waals surface area contributed by atoms with Gasteiger partial charge in [0.05, 0.1) is 11.4 Å². The summed E-state index contributed by atoms with van der Waals surface area (Å²) in [5.41, 5.74) is 2.44. The van der Waals surface area contributed by atoms with Crippen LogP contribution in [-0.4, -0.2) is 17.1 Å². The highest BCUT2D eigenvalue weighted by atomic mass is 32.2. The van der Waals surface area contributed by atoms with Crippen LogP contribution in [-0.2, 0) is 0 Å². The lowest BCUT2D eigenvalue weighted by molar-refractivity contribution is 1.05. The van der Waals surface area contributed by atoms with Gasteiger partial charge < -0.3 is 0 Å². The Morgan fingerprint density at radius 3 is 3.00 bits per heavy atom. The summed E-state index contributed by atoms with van der Waals surface area (Å²) in [4.78, 5) is 0. The van der Waals surface area contributed by atoms with Gasteiger partial charge in [-0.25, -0.2) is 0 Å². The fraction of sp³-hybridized carbons (Fsp3) is 0.600. The fourth-order valence-corrected chi connectivity index (χ4v) is 0.899. The van der Waals surface area contributed by atoms with Gasteiger partial charge in [-0.2, -0.15) is 5.10 Å². The average molecular weight is 145 g/mol. The molecule has 52 valence electrons. The van der Waals surface area contributed by atoms with E-state index < -0.39 is 0 Å². The highest BCUT2D eigenvalue weighted by molar-refractivity contribution is 8.13. The minimum atomic E-state index is 0.959. The number of nitrogens with zero attached hydrogens (tertiary/aromatic N) is 1. The lowest BCUT2D eigenvalue weighted by Crippen LogP contribution is -2.02. The summed E-state index contributed by atoms with van der Waals surface area (Å²) in [6, 6.07) is 0. The zero-order valence-corrected chi connectivity index (χ0v) is 6.46. The van der Waals surface area contributed by atoms with Crippen LogP contribution in [0.3, 0.4) is 0 Å². The Bertz CT molecular complexity index is 111. The number of nitrogens with one attached hydrogen (secondary N) is 2. The molecule has 0 bridgehead atoms. The second kappa shape index (κ2) is 5.62. The van der Waals surface area contributed by atoms with Crippen molar-refractivity contribution in [2.75, 3.05) is 5.75 Å². The molecule has 0 aromatic rings. The van der Waals surface area contributed by atoms with E-state index in [1.54, 1.807) is 11.8 Å². The first-order valence-corrected chi connectivity index (χ1v) is 3.71. The molecule has 9 heavy (non-hydrogen) atoms. The Kier molecular flexibility index (Phi) is 5.30. The number of hydrogen-bond acceptors (Lipinski definition) is 3. The summed E-state index contributed by atoms with van der Waals surface area (Å²) < 4.78 is 0. The topological polar surface area (TPSA) is 48.2 Å².